The molecule has 8 bridgehead atoms. The maximum atomic E-state index is 12.3. The fourth-order valence-corrected chi connectivity index (χ4v) is 7.09. The highest BCUT2D eigenvalue weighted by Gasteiger charge is 2.41. The van der Waals surface area contributed by atoms with Crippen LogP contribution in [0.4, 0.5) is 0 Å². The van der Waals surface area contributed by atoms with Gasteiger partial charge >= 0.3 is 5.97 Å². The van der Waals surface area contributed by atoms with E-state index < -0.39 is 0 Å². The lowest BCUT2D eigenvalue weighted by Crippen LogP contribution is -2.16. The summed E-state index contributed by atoms with van der Waals surface area (Å²) < 4.78 is 5.02. The van der Waals surface area contributed by atoms with Crippen LogP contribution in [0.5, 0.6) is 0 Å². The van der Waals surface area contributed by atoms with Crippen LogP contribution in [0.1, 0.15) is 73.6 Å². The quantitative estimate of drug-likeness (QED) is 0.168. The number of aliphatic imine (C=N–C) groups is 3. The summed E-state index contributed by atoms with van der Waals surface area (Å²) in [6.07, 6.45) is 9.51. The van der Waals surface area contributed by atoms with Gasteiger partial charge in [-0.2, -0.15) is 0 Å². The summed E-state index contributed by atoms with van der Waals surface area (Å²) in [6.45, 7) is 13.1. The predicted molar refractivity (Wildman–Crippen MR) is 177 cm³/mol. The Morgan fingerprint density at radius 3 is 2.42 bits per heavy atom. The Kier molecular flexibility index (Phi) is 8.50. The maximum Gasteiger partial charge on any atom is 0.305 e. The van der Waals surface area contributed by atoms with Crippen molar-refractivity contribution in [3.63, 3.8) is 0 Å². The van der Waals surface area contributed by atoms with Gasteiger partial charge in [-0.15, -0.1) is 0 Å². The molecule has 1 saturated heterocycles. The number of nitrogens with one attached hydrogen (secondary N) is 2. The number of aliphatic hydroxyl groups is 1. The van der Waals surface area contributed by atoms with Crippen LogP contribution >= 0.6 is 0 Å². The molecule has 9 heteroatoms. The highest BCUT2D eigenvalue weighted by atomic mass is 16.6. The van der Waals surface area contributed by atoms with Gasteiger partial charge in [0, 0.05) is 52.8 Å². The van der Waals surface area contributed by atoms with Crippen LogP contribution in [-0.4, -0.2) is 48.5 Å². The molecule has 5 heterocycles. The summed E-state index contributed by atoms with van der Waals surface area (Å²) in [5.41, 5.74) is 18.8. The molecule has 9 nitrogen and oxygen atoms in total. The molecule has 236 valence electrons. The standard InChI is InChI=1S/C36H43N5O4/c1-8-12-45-41-32-13-24-35-23(10-11-33(43)44-7)19(4)28(39-35)14-26-20(5)25(17-42)31(38-26)15-27-18(3)22(9-2)30(37-27)16-29-21(6)34(32)36(24)40-29/h14-16,19,23,39,41-42H,8-13,17H2,1-7H3/t19-,23-/m0/s1. The minimum atomic E-state index is -0.222. The molecule has 6 aliphatic rings. The van der Waals surface area contributed by atoms with Crippen molar-refractivity contribution in [2.75, 3.05) is 20.3 Å². The third kappa shape index (κ3) is 5.32. The maximum absolute atomic E-state index is 12.3. The Balaban J connectivity index is 1.58. The molecule has 45 heavy (non-hydrogen) atoms. The summed E-state index contributed by atoms with van der Waals surface area (Å²) in [5, 5.41) is 14.2. The Labute approximate surface area is 265 Å². The molecule has 0 aromatic rings. The average molecular weight is 610 g/mol. The molecule has 5 aliphatic heterocycles. The normalized spacial score (nSPS) is 23.8. The monoisotopic (exact) mass is 609 g/mol. The van der Waals surface area contributed by atoms with Crippen LogP contribution in [-0.2, 0) is 14.4 Å². The second-order valence-corrected chi connectivity index (χ2v) is 12.4. The van der Waals surface area contributed by atoms with Gasteiger partial charge in [-0.25, -0.2) is 15.0 Å². The lowest BCUT2D eigenvalue weighted by Gasteiger charge is -2.17. The fraction of sp³-hybridized carbons (Fsp3) is 0.444. The molecule has 2 atom stereocenters. The van der Waals surface area contributed by atoms with Gasteiger partial charge in [-0.05, 0) is 80.6 Å². The number of ether oxygens (including phenoxy) is 1. The molecule has 0 spiro atoms. The third-order valence-electron chi connectivity index (χ3n) is 9.75. The lowest BCUT2D eigenvalue weighted by molar-refractivity contribution is -0.140. The number of hydroxylamine groups is 1. The first-order chi connectivity index (χ1) is 21.7. The number of rotatable bonds is 9. The van der Waals surface area contributed by atoms with Crippen LogP contribution in [0.3, 0.4) is 0 Å². The van der Waals surface area contributed by atoms with E-state index in [-0.39, 0.29) is 24.4 Å². The van der Waals surface area contributed by atoms with E-state index in [9.17, 15) is 9.90 Å². The van der Waals surface area contributed by atoms with Crippen molar-refractivity contribution in [2.45, 2.75) is 73.6 Å². The zero-order valence-corrected chi connectivity index (χ0v) is 27.4. The molecule has 0 saturated carbocycles. The molecule has 1 fully saturated rings. The van der Waals surface area contributed by atoms with Gasteiger partial charge in [-0.3, -0.25) is 15.1 Å². The van der Waals surface area contributed by atoms with Crippen molar-refractivity contribution in [1.82, 2.24) is 10.8 Å². The summed E-state index contributed by atoms with van der Waals surface area (Å²) in [5.74, 6) is -0.0950. The molecule has 0 aromatic heterocycles. The highest BCUT2D eigenvalue weighted by molar-refractivity contribution is 6.21. The van der Waals surface area contributed by atoms with E-state index >= 15 is 0 Å². The van der Waals surface area contributed by atoms with Crippen molar-refractivity contribution in [3.05, 3.63) is 91.4 Å². The van der Waals surface area contributed by atoms with Crippen molar-refractivity contribution in [3.8, 4) is 0 Å². The Hall–Kier alpha value is -4.08. The molecule has 0 amide bonds. The van der Waals surface area contributed by atoms with Gasteiger partial charge in [0.1, 0.15) is 0 Å². The topological polar surface area (TPSA) is 117 Å². The van der Waals surface area contributed by atoms with Gasteiger partial charge in [0.25, 0.3) is 0 Å². The highest BCUT2D eigenvalue weighted by Crippen LogP contribution is 2.46. The van der Waals surface area contributed by atoms with Crippen molar-refractivity contribution in [1.29, 1.82) is 0 Å². The Morgan fingerprint density at radius 1 is 1.02 bits per heavy atom. The molecule has 6 rings (SSSR count). The fourth-order valence-electron chi connectivity index (χ4n) is 7.09. The molecular weight excluding hydrogens is 566 g/mol. The zero-order chi connectivity index (χ0) is 32.0. The van der Waals surface area contributed by atoms with Crippen LogP contribution in [0, 0.1) is 11.8 Å². The van der Waals surface area contributed by atoms with E-state index in [1.807, 2.05) is 13.0 Å². The first kappa shape index (κ1) is 30.9. The molecule has 1 aliphatic carbocycles. The summed E-state index contributed by atoms with van der Waals surface area (Å²) >= 11 is 0. The van der Waals surface area contributed by atoms with Gasteiger partial charge in [0.05, 0.1) is 60.2 Å². The Morgan fingerprint density at radius 2 is 1.73 bits per heavy atom. The predicted octanol–water partition coefficient (Wildman–Crippen LogP) is 5.98. The van der Waals surface area contributed by atoms with Crippen molar-refractivity contribution in [2.24, 2.45) is 26.8 Å². The van der Waals surface area contributed by atoms with Crippen molar-refractivity contribution >= 4 is 23.1 Å². The summed E-state index contributed by atoms with van der Waals surface area (Å²) in [4.78, 5) is 33.5. The second-order valence-electron chi connectivity index (χ2n) is 12.4. The third-order valence-corrected chi connectivity index (χ3v) is 9.75. The number of methoxy groups -OCH3 is 1. The van der Waals surface area contributed by atoms with E-state index in [0.29, 0.717) is 25.9 Å². The first-order valence-electron chi connectivity index (χ1n) is 16.0. The first-order valence-corrected chi connectivity index (χ1v) is 16.0. The number of hydrogen-bond donors (Lipinski definition) is 3. The van der Waals surface area contributed by atoms with Gasteiger partial charge in [0.2, 0.25) is 0 Å². The number of hydrogen-bond acceptors (Lipinski definition) is 9. The number of carbonyl (C=O) groups excluding carboxylic acids is 1. The van der Waals surface area contributed by atoms with E-state index in [1.165, 1.54) is 12.7 Å². The number of aliphatic hydroxyl groups excluding tert-OH is 1. The number of fused-ring (bicyclic) bond motifs is 5. The molecule has 0 radical (unpaired) electrons. The minimum Gasteiger partial charge on any atom is -0.469 e. The minimum absolute atomic E-state index is 0.0427. The van der Waals surface area contributed by atoms with Gasteiger partial charge in [0.15, 0.2) is 0 Å². The molecule has 3 N–H and O–H groups in total. The second kappa shape index (κ2) is 12.4. The van der Waals surface area contributed by atoms with Crippen LogP contribution in [0.2, 0.25) is 0 Å². The molecule has 0 unspecified atom stereocenters. The largest absolute Gasteiger partial charge is 0.469 e. The number of allylic oxidation sites excluding steroid dienone is 11. The molecular formula is C36H43N5O4. The van der Waals surface area contributed by atoms with Crippen LogP contribution in [0.25, 0.3) is 0 Å². The number of nitrogens with zero attached hydrogens (tertiary/aromatic N) is 3. The van der Waals surface area contributed by atoms with E-state index in [4.69, 9.17) is 24.6 Å². The summed E-state index contributed by atoms with van der Waals surface area (Å²) in [6, 6.07) is 0. The van der Waals surface area contributed by atoms with Crippen LogP contribution < -0.4 is 10.8 Å². The number of carbonyl (C=O) groups is 1. The molecule has 0 aromatic carbocycles. The lowest BCUT2D eigenvalue weighted by atomic mass is 9.86. The zero-order valence-electron chi connectivity index (χ0n) is 27.4. The average Bonchev–Trinajstić information content (AvgIpc) is 3.78. The number of esters is 1. The Bertz CT molecular complexity index is 1720. The van der Waals surface area contributed by atoms with Crippen LogP contribution in [0.15, 0.2) is 106 Å². The van der Waals surface area contributed by atoms with E-state index in [0.717, 1.165) is 97.6 Å². The van der Waals surface area contributed by atoms with E-state index in [1.54, 1.807) is 0 Å². The van der Waals surface area contributed by atoms with Gasteiger partial charge in [-0.1, -0.05) is 20.8 Å². The smallest absolute Gasteiger partial charge is 0.305 e. The van der Waals surface area contributed by atoms with E-state index in [2.05, 4.69) is 57.6 Å². The van der Waals surface area contributed by atoms with Gasteiger partial charge < -0.3 is 15.2 Å². The summed E-state index contributed by atoms with van der Waals surface area (Å²) in [7, 11) is 1.43. The van der Waals surface area contributed by atoms with Crippen molar-refractivity contribution < 1.29 is 19.5 Å². The SMILES string of the molecule is CCCONC1=C2C3=NC(=C2C)C=C2N=C(C=C4N=C(C=C5NC(=C3C1)[C@@H](CCC(=O)OC)[C@@H]5C)C(C)=C4CO)C(C)=C2CC.